The van der Waals surface area contributed by atoms with Crippen LogP contribution in [0.3, 0.4) is 0 Å². The van der Waals surface area contributed by atoms with E-state index in [1.54, 1.807) is 13.3 Å². The molecule has 136 valence electrons. The molecule has 0 aliphatic rings. The van der Waals surface area contributed by atoms with Gasteiger partial charge in [-0.3, -0.25) is 10.3 Å². The number of hydrogen-bond acceptors (Lipinski definition) is 4. The van der Waals surface area contributed by atoms with Crippen molar-refractivity contribution >= 4 is 0 Å². The van der Waals surface area contributed by atoms with Gasteiger partial charge in [-0.15, -0.1) is 0 Å². The van der Waals surface area contributed by atoms with Gasteiger partial charge in [0.15, 0.2) is 0 Å². The summed E-state index contributed by atoms with van der Waals surface area (Å²) in [4.78, 5) is 8.79. The summed E-state index contributed by atoms with van der Waals surface area (Å²) in [5.74, 6) is 1.000. The molecule has 0 fully saturated rings. The highest BCUT2D eigenvalue weighted by Crippen LogP contribution is 2.24. The van der Waals surface area contributed by atoms with E-state index in [4.69, 9.17) is 4.74 Å². The summed E-state index contributed by atoms with van der Waals surface area (Å²) in [7, 11) is 1.72. The second kappa shape index (κ2) is 8.74. The molecule has 26 heavy (non-hydrogen) atoms. The van der Waals surface area contributed by atoms with Gasteiger partial charge in [0.05, 0.1) is 19.2 Å². The Balaban J connectivity index is 1.83. The molecular weight excluding hydrogens is 324 g/mol. The summed E-state index contributed by atoms with van der Waals surface area (Å²) in [6, 6.07) is 10.8. The zero-order valence-electron chi connectivity index (χ0n) is 15.6. The maximum Gasteiger partial charge on any atom is 0.122 e. The monoisotopic (exact) mass is 350 g/mol. The Morgan fingerprint density at radius 3 is 2.73 bits per heavy atom. The first-order valence-electron chi connectivity index (χ1n) is 8.88. The van der Waals surface area contributed by atoms with Crippen LogP contribution >= 0.6 is 0 Å². The molecule has 1 N–H and O–H groups in total. The smallest absolute Gasteiger partial charge is 0.122 e. The van der Waals surface area contributed by atoms with Crippen molar-refractivity contribution in [2.24, 2.45) is 0 Å². The molecule has 0 saturated carbocycles. The van der Waals surface area contributed by atoms with E-state index in [0.717, 1.165) is 17.9 Å². The Bertz CT molecular complexity index is 829. The predicted molar refractivity (Wildman–Crippen MR) is 103 cm³/mol. The zero-order chi connectivity index (χ0) is 18.4. The first kappa shape index (κ1) is 18.3. The molecule has 2 aromatic heterocycles. The molecule has 0 aliphatic heterocycles. The maximum atomic E-state index is 5.18. The quantitative estimate of drug-likeness (QED) is 0.676. The molecule has 0 aliphatic carbocycles. The lowest BCUT2D eigenvalue weighted by Gasteiger charge is -2.21. The van der Waals surface area contributed by atoms with Crippen molar-refractivity contribution in [3.8, 4) is 0 Å². The zero-order valence-corrected chi connectivity index (χ0v) is 15.6. The van der Waals surface area contributed by atoms with Gasteiger partial charge in [0.25, 0.3) is 0 Å². The van der Waals surface area contributed by atoms with Gasteiger partial charge >= 0.3 is 0 Å². The molecule has 0 saturated heterocycles. The van der Waals surface area contributed by atoms with Crippen LogP contribution in [0, 0.1) is 13.8 Å². The molecule has 3 rings (SSSR count). The lowest BCUT2D eigenvalue weighted by molar-refractivity contribution is 0.186. The Labute approximate surface area is 155 Å². The summed E-state index contributed by atoms with van der Waals surface area (Å²) in [5, 5.41) is 3.65. The number of methoxy groups -OCH3 is 1. The number of imidazole rings is 1. The predicted octanol–water partition coefficient (Wildman–Crippen LogP) is 3.42. The van der Waals surface area contributed by atoms with Crippen LogP contribution < -0.4 is 5.32 Å². The van der Waals surface area contributed by atoms with Crippen LogP contribution in [-0.4, -0.2) is 28.3 Å². The normalized spacial score (nSPS) is 12.3. The number of hydrogen-bond donors (Lipinski definition) is 1. The fraction of sp³-hybridized carbons (Fsp3) is 0.333. The number of benzene rings is 1. The Hall–Kier alpha value is -2.50. The number of rotatable bonds is 8. The molecule has 0 amide bonds. The Morgan fingerprint density at radius 2 is 2.00 bits per heavy atom. The third kappa shape index (κ3) is 4.36. The van der Waals surface area contributed by atoms with E-state index in [1.165, 1.54) is 16.7 Å². The number of aromatic nitrogens is 3. The van der Waals surface area contributed by atoms with Crippen molar-refractivity contribution in [1.82, 2.24) is 19.9 Å². The van der Waals surface area contributed by atoms with Crippen molar-refractivity contribution in [2.45, 2.75) is 33.0 Å². The molecule has 1 atom stereocenters. The van der Waals surface area contributed by atoms with Crippen LogP contribution in [0.15, 0.2) is 55.1 Å². The molecule has 0 bridgehead atoms. The second-order valence-corrected chi connectivity index (χ2v) is 6.47. The summed E-state index contributed by atoms with van der Waals surface area (Å²) in [5.41, 5.74) is 4.97. The fourth-order valence-electron chi connectivity index (χ4n) is 3.01. The molecule has 5 heteroatoms. The van der Waals surface area contributed by atoms with Crippen LogP contribution in [0.4, 0.5) is 0 Å². The van der Waals surface area contributed by atoms with Gasteiger partial charge in [-0.1, -0.05) is 24.3 Å². The third-order valence-electron chi connectivity index (χ3n) is 4.68. The van der Waals surface area contributed by atoms with Crippen molar-refractivity contribution in [1.29, 1.82) is 0 Å². The summed E-state index contributed by atoms with van der Waals surface area (Å²) < 4.78 is 7.30. The minimum absolute atomic E-state index is 0.0653. The van der Waals surface area contributed by atoms with Gasteiger partial charge in [0, 0.05) is 38.4 Å². The molecule has 1 unspecified atom stereocenters. The van der Waals surface area contributed by atoms with Crippen LogP contribution in [0.5, 0.6) is 0 Å². The molecular formula is C21H26N4O. The number of nitrogens with one attached hydrogen (secondary N) is 1. The first-order chi connectivity index (χ1) is 12.7. The van der Waals surface area contributed by atoms with E-state index in [9.17, 15) is 0 Å². The summed E-state index contributed by atoms with van der Waals surface area (Å²) >= 11 is 0. The van der Waals surface area contributed by atoms with Crippen LogP contribution in [0.2, 0.25) is 0 Å². The fourth-order valence-corrected chi connectivity index (χ4v) is 3.01. The highest BCUT2D eigenvalue weighted by Gasteiger charge is 2.16. The van der Waals surface area contributed by atoms with E-state index < -0.39 is 0 Å². The average Bonchev–Trinajstić information content (AvgIpc) is 3.11. The van der Waals surface area contributed by atoms with Crippen molar-refractivity contribution in [2.75, 3.05) is 13.7 Å². The van der Waals surface area contributed by atoms with Gasteiger partial charge in [0.2, 0.25) is 0 Å². The molecule has 3 aromatic rings. The number of ether oxygens (including phenoxy) is 1. The second-order valence-electron chi connectivity index (χ2n) is 6.47. The lowest BCUT2D eigenvalue weighted by atomic mass is 9.96. The standard InChI is InChI=1S/C21H26N4O/c1-16-6-7-18(13-17(16)2)21(19-5-4-8-22-14-19)24-15-20-23-9-10-25(20)11-12-26-3/h4-10,13-14,21,24H,11-12,15H2,1-3H3. The van der Waals surface area contributed by atoms with Gasteiger partial charge in [-0.05, 0) is 42.2 Å². The third-order valence-corrected chi connectivity index (χ3v) is 4.68. The maximum absolute atomic E-state index is 5.18. The highest BCUT2D eigenvalue weighted by molar-refractivity contribution is 5.36. The van der Waals surface area contributed by atoms with Crippen LogP contribution in [-0.2, 0) is 17.8 Å². The number of pyridine rings is 1. The van der Waals surface area contributed by atoms with Crippen molar-refractivity contribution in [3.63, 3.8) is 0 Å². The summed E-state index contributed by atoms with van der Waals surface area (Å²) in [6.45, 7) is 6.43. The van der Waals surface area contributed by atoms with Crippen molar-refractivity contribution in [3.05, 3.63) is 83.2 Å². The molecule has 0 radical (unpaired) electrons. The number of aryl methyl sites for hydroxylation is 2. The van der Waals surface area contributed by atoms with E-state index in [-0.39, 0.29) is 6.04 Å². The minimum Gasteiger partial charge on any atom is -0.383 e. The Kier molecular flexibility index (Phi) is 6.15. The SMILES string of the molecule is COCCn1ccnc1CNC(c1cccnc1)c1ccc(C)c(C)c1. The van der Waals surface area contributed by atoms with E-state index in [2.05, 4.69) is 58.0 Å². The first-order valence-corrected chi connectivity index (χ1v) is 8.88. The van der Waals surface area contributed by atoms with Gasteiger partial charge in [0.1, 0.15) is 5.82 Å². The van der Waals surface area contributed by atoms with E-state index in [0.29, 0.717) is 13.2 Å². The topological polar surface area (TPSA) is 52.0 Å². The van der Waals surface area contributed by atoms with Crippen LogP contribution in [0.25, 0.3) is 0 Å². The number of nitrogens with zero attached hydrogens (tertiary/aromatic N) is 3. The highest BCUT2D eigenvalue weighted by atomic mass is 16.5. The van der Waals surface area contributed by atoms with E-state index >= 15 is 0 Å². The molecule has 0 spiro atoms. The molecule has 5 nitrogen and oxygen atoms in total. The Morgan fingerprint density at radius 1 is 1.12 bits per heavy atom. The van der Waals surface area contributed by atoms with Gasteiger partial charge in [-0.2, -0.15) is 0 Å². The lowest BCUT2D eigenvalue weighted by Crippen LogP contribution is -2.24. The van der Waals surface area contributed by atoms with Crippen molar-refractivity contribution < 1.29 is 4.74 Å². The summed E-state index contributed by atoms with van der Waals surface area (Å²) in [6.07, 6.45) is 7.55. The van der Waals surface area contributed by atoms with Gasteiger partial charge < -0.3 is 9.30 Å². The molecule has 1 aromatic carbocycles. The van der Waals surface area contributed by atoms with E-state index in [1.807, 2.05) is 24.7 Å². The average molecular weight is 350 g/mol. The van der Waals surface area contributed by atoms with Gasteiger partial charge in [-0.25, -0.2) is 4.98 Å². The largest absolute Gasteiger partial charge is 0.383 e. The molecule has 2 heterocycles. The minimum atomic E-state index is 0.0653. The van der Waals surface area contributed by atoms with Crippen LogP contribution in [0.1, 0.15) is 34.1 Å².